The van der Waals surface area contributed by atoms with Crippen molar-refractivity contribution >= 4 is 11.8 Å². The Hall–Kier alpha value is -1.86. The highest BCUT2D eigenvalue weighted by Crippen LogP contribution is 2.23. The summed E-state index contributed by atoms with van der Waals surface area (Å²) in [5, 5.41) is 26.7. The van der Waals surface area contributed by atoms with E-state index in [2.05, 4.69) is 16.0 Å². The Morgan fingerprint density at radius 3 is 1.68 bits per heavy atom. The van der Waals surface area contributed by atoms with Gasteiger partial charge in [0.2, 0.25) is 11.8 Å². The fraction of sp³-hybridized carbons (Fsp3) is 0.600. The van der Waals surface area contributed by atoms with Crippen LogP contribution >= 0.6 is 0 Å². The Kier molecular flexibility index (Phi) is 6.58. The number of rotatable bonds is 6. The third-order valence-corrected chi connectivity index (χ3v) is 3.30. The first kappa shape index (κ1) is 18.2. The first-order valence-corrected chi connectivity index (χ1v) is 7.31. The normalized spacial score (nSPS) is 17.7. The molecule has 7 heteroatoms. The molecule has 0 aromatic heterocycles. The predicted molar refractivity (Wildman–Crippen MR) is 82.5 cm³/mol. The molecule has 0 aromatic rings. The zero-order valence-corrected chi connectivity index (χ0v) is 13.5. The number of nitrogens with one attached hydrogen (secondary N) is 3. The highest BCUT2D eigenvalue weighted by atomic mass is 16.3. The fourth-order valence-corrected chi connectivity index (χ4v) is 2.07. The molecular weight excluding hydrogens is 286 g/mol. The van der Waals surface area contributed by atoms with Gasteiger partial charge < -0.3 is 26.2 Å². The van der Waals surface area contributed by atoms with Crippen molar-refractivity contribution in [2.24, 2.45) is 0 Å². The second-order valence-corrected chi connectivity index (χ2v) is 5.63. The lowest BCUT2D eigenvalue weighted by molar-refractivity contribution is -0.118. The van der Waals surface area contributed by atoms with Gasteiger partial charge in [-0.1, -0.05) is 0 Å². The number of hydrogen-bond acceptors (Lipinski definition) is 5. The average molecular weight is 311 g/mol. The summed E-state index contributed by atoms with van der Waals surface area (Å²) in [5.41, 5.74) is 2.31. The highest BCUT2D eigenvalue weighted by Gasteiger charge is 2.25. The molecule has 0 aromatic carbocycles. The summed E-state index contributed by atoms with van der Waals surface area (Å²) in [6, 6.07) is 0. The van der Waals surface area contributed by atoms with Crippen LogP contribution in [0.25, 0.3) is 0 Å². The van der Waals surface area contributed by atoms with E-state index in [4.69, 9.17) is 0 Å². The topological polar surface area (TPSA) is 111 Å². The number of aliphatic hydroxyl groups excluding tert-OH is 2. The van der Waals surface area contributed by atoms with E-state index in [1.165, 1.54) is 0 Å². The van der Waals surface area contributed by atoms with Gasteiger partial charge in [-0.15, -0.1) is 0 Å². The van der Waals surface area contributed by atoms with E-state index in [-0.39, 0.29) is 31.3 Å². The van der Waals surface area contributed by atoms with Gasteiger partial charge in [-0.3, -0.25) is 9.59 Å². The average Bonchev–Trinajstić information content (AvgIpc) is 2.42. The molecule has 2 amide bonds. The van der Waals surface area contributed by atoms with Crippen LogP contribution in [-0.2, 0) is 9.59 Å². The smallest absolute Gasteiger partial charge is 0.249 e. The van der Waals surface area contributed by atoms with E-state index >= 15 is 0 Å². The number of carbonyl (C=O) groups excluding carboxylic acids is 2. The monoisotopic (exact) mass is 311 g/mol. The molecule has 0 bridgehead atoms. The van der Waals surface area contributed by atoms with Crippen LogP contribution in [0.5, 0.6) is 0 Å². The summed E-state index contributed by atoms with van der Waals surface area (Å²) < 4.78 is 0. The van der Waals surface area contributed by atoms with Gasteiger partial charge >= 0.3 is 0 Å². The summed E-state index contributed by atoms with van der Waals surface area (Å²) in [5.74, 6) is -0.613. The van der Waals surface area contributed by atoms with Crippen molar-refractivity contribution in [1.82, 2.24) is 16.0 Å². The maximum atomic E-state index is 12.1. The molecule has 1 heterocycles. The Morgan fingerprint density at radius 1 is 1.00 bits per heavy atom. The fourth-order valence-electron chi connectivity index (χ4n) is 2.07. The molecule has 1 aliphatic rings. The molecule has 22 heavy (non-hydrogen) atoms. The Balaban J connectivity index is 2.77. The van der Waals surface area contributed by atoms with Crippen LogP contribution in [-0.4, -0.2) is 47.3 Å². The van der Waals surface area contributed by atoms with Gasteiger partial charge in [-0.05, 0) is 27.7 Å². The number of allylic oxidation sites excluding steroid dienone is 2. The van der Waals surface area contributed by atoms with E-state index in [9.17, 15) is 19.8 Å². The van der Waals surface area contributed by atoms with Crippen molar-refractivity contribution in [3.05, 3.63) is 22.5 Å². The molecule has 0 saturated carbocycles. The van der Waals surface area contributed by atoms with Gasteiger partial charge in [0, 0.05) is 42.1 Å². The van der Waals surface area contributed by atoms with Crippen molar-refractivity contribution in [3.8, 4) is 0 Å². The van der Waals surface area contributed by atoms with E-state index < -0.39 is 12.2 Å². The van der Waals surface area contributed by atoms with Crippen LogP contribution in [0.4, 0.5) is 0 Å². The molecule has 2 atom stereocenters. The van der Waals surface area contributed by atoms with Crippen molar-refractivity contribution in [1.29, 1.82) is 0 Å². The minimum absolute atomic E-state index is 0.155. The quantitative estimate of drug-likeness (QED) is 0.455. The lowest BCUT2D eigenvalue weighted by Gasteiger charge is -2.23. The van der Waals surface area contributed by atoms with Gasteiger partial charge in [-0.25, -0.2) is 0 Å². The Labute approximate surface area is 130 Å². The van der Waals surface area contributed by atoms with Crippen LogP contribution < -0.4 is 16.0 Å². The summed E-state index contributed by atoms with van der Waals surface area (Å²) in [6.07, 6.45) is -1.05. The second-order valence-electron chi connectivity index (χ2n) is 5.63. The van der Waals surface area contributed by atoms with E-state index in [1.54, 1.807) is 27.7 Å². The van der Waals surface area contributed by atoms with E-state index in [0.717, 1.165) is 0 Å². The lowest BCUT2D eigenvalue weighted by Crippen LogP contribution is -2.38. The number of dihydropyridines is 1. The number of aliphatic hydroxyl groups is 2. The van der Waals surface area contributed by atoms with Crippen LogP contribution in [0.15, 0.2) is 22.5 Å². The van der Waals surface area contributed by atoms with Crippen LogP contribution in [0.2, 0.25) is 0 Å². The Bertz CT molecular complexity index is 463. The van der Waals surface area contributed by atoms with E-state index in [0.29, 0.717) is 22.5 Å². The molecule has 0 fully saturated rings. The third kappa shape index (κ3) is 5.16. The second kappa shape index (κ2) is 7.95. The van der Waals surface area contributed by atoms with Gasteiger partial charge in [-0.2, -0.15) is 0 Å². The van der Waals surface area contributed by atoms with Crippen LogP contribution in [0, 0.1) is 0 Å². The third-order valence-electron chi connectivity index (χ3n) is 3.30. The number of carbonyl (C=O) groups is 2. The summed E-state index contributed by atoms with van der Waals surface area (Å²) >= 11 is 0. The van der Waals surface area contributed by atoms with Gasteiger partial charge in [0.1, 0.15) is 0 Å². The maximum absolute atomic E-state index is 12.1. The molecule has 5 N–H and O–H groups in total. The highest BCUT2D eigenvalue weighted by molar-refractivity contribution is 6.00. The molecular formula is C15H25N3O4. The first-order valence-electron chi connectivity index (χ1n) is 7.31. The van der Waals surface area contributed by atoms with Crippen molar-refractivity contribution in [2.75, 3.05) is 13.1 Å². The maximum Gasteiger partial charge on any atom is 0.249 e. The SMILES string of the molecule is CC1=C(C(=O)NCC(C)O)CC(C(=O)NCC(C)O)=C(C)N1. The minimum atomic E-state index is -0.632. The minimum Gasteiger partial charge on any atom is -0.392 e. The van der Waals surface area contributed by atoms with Gasteiger partial charge in [0.05, 0.1) is 12.2 Å². The molecule has 2 unspecified atom stereocenters. The molecule has 1 aliphatic heterocycles. The molecule has 124 valence electrons. The standard InChI is InChI=1S/C15H25N3O4/c1-8(19)6-16-14(21)12-5-13(11(4)18-10(12)3)15(22)17-7-9(2)20/h8-9,18-20H,5-7H2,1-4H3,(H,16,21)(H,17,22). The van der Waals surface area contributed by atoms with Crippen molar-refractivity contribution in [3.63, 3.8) is 0 Å². The number of amides is 2. The number of hydrogen-bond donors (Lipinski definition) is 5. The molecule has 0 aliphatic carbocycles. The lowest BCUT2D eigenvalue weighted by atomic mass is 9.96. The van der Waals surface area contributed by atoms with Crippen molar-refractivity contribution < 1.29 is 19.8 Å². The molecule has 0 radical (unpaired) electrons. The summed E-state index contributed by atoms with van der Waals surface area (Å²) in [4.78, 5) is 24.3. The Morgan fingerprint density at radius 2 is 1.36 bits per heavy atom. The molecule has 7 nitrogen and oxygen atoms in total. The van der Waals surface area contributed by atoms with Crippen LogP contribution in [0.3, 0.4) is 0 Å². The summed E-state index contributed by atoms with van der Waals surface area (Å²) in [6.45, 7) is 7.01. The zero-order chi connectivity index (χ0) is 16.9. The molecule has 0 saturated heterocycles. The zero-order valence-electron chi connectivity index (χ0n) is 13.5. The first-order chi connectivity index (χ1) is 10.2. The molecule has 1 rings (SSSR count). The predicted octanol–water partition coefficient (Wildman–Crippen LogP) is -0.478. The van der Waals surface area contributed by atoms with Crippen molar-refractivity contribution in [2.45, 2.75) is 46.3 Å². The summed E-state index contributed by atoms with van der Waals surface area (Å²) in [7, 11) is 0. The van der Waals surface area contributed by atoms with Gasteiger partial charge in [0.15, 0.2) is 0 Å². The largest absolute Gasteiger partial charge is 0.392 e. The van der Waals surface area contributed by atoms with E-state index in [1.807, 2.05) is 0 Å². The van der Waals surface area contributed by atoms with Gasteiger partial charge in [0.25, 0.3) is 0 Å². The molecule has 0 spiro atoms. The van der Waals surface area contributed by atoms with Crippen LogP contribution in [0.1, 0.15) is 34.1 Å².